The second-order valence-electron chi connectivity index (χ2n) is 6.57. The van der Waals surface area contributed by atoms with E-state index in [0.29, 0.717) is 11.3 Å². The van der Waals surface area contributed by atoms with E-state index in [1.54, 1.807) is 38.4 Å². The molecule has 0 aliphatic heterocycles. The maximum Gasteiger partial charge on any atom is 0.253 e. The fourth-order valence-electron chi connectivity index (χ4n) is 2.82. The van der Waals surface area contributed by atoms with Crippen LogP contribution in [0.1, 0.15) is 15.9 Å². The number of amides is 2. The minimum absolute atomic E-state index is 0.0948. The number of hydrogen-bond donors (Lipinski definition) is 1. The first-order chi connectivity index (χ1) is 13.0. The van der Waals surface area contributed by atoms with Crippen LogP contribution in [0.4, 0.5) is 5.69 Å². The first-order valence-corrected chi connectivity index (χ1v) is 8.79. The summed E-state index contributed by atoms with van der Waals surface area (Å²) in [5, 5.41) is 2.86. The van der Waals surface area contributed by atoms with E-state index in [0.717, 1.165) is 16.7 Å². The van der Waals surface area contributed by atoms with Crippen molar-refractivity contribution in [3.8, 4) is 11.1 Å². The lowest BCUT2D eigenvalue weighted by Gasteiger charge is -2.12. The molecule has 3 rings (SSSR count). The molecule has 3 aromatic rings. The molecule has 0 radical (unpaired) electrons. The molecule has 3 aromatic carbocycles. The lowest BCUT2D eigenvalue weighted by Crippen LogP contribution is -2.22. The largest absolute Gasteiger partial charge is 0.345 e. The summed E-state index contributed by atoms with van der Waals surface area (Å²) >= 11 is 0. The average Bonchev–Trinajstić information content (AvgIpc) is 2.68. The number of nitrogens with zero attached hydrogens (tertiary/aromatic N) is 1. The average molecular weight is 358 g/mol. The third-order valence-electron chi connectivity index (χ3n) is 4.23. The van der Waals surface area contributed by atoms with Crippen LogP contribution < -0.4 is 5.32 Å². The summed E-state index contributed by atoms with van der Waals surface area (Å²) in [5.41, 5.74) is 4.37. The Morgan fingerprint density at radius 3 is 2.15 bits per heavy atom. The van der Waals surface area contributed by atoms with Crippen LogP contribution in [0.3, 0.4) is 0 Å². The third kappa shape index (κ3) is 4.82. The van der Waals surface area contributed by atoms with Gasteiger partial charge in [0, 0.05) is 25.3 Å². The zero-order valence-electron chi connectivity index (χ0n) is 15.5. The van der Waals surface area contributed by atoms with Crippen molar-refractivity contribution in [1.29, 1.82) is 0 Å². The minimum atomic E-state index is -0.114. The van der Waals surface area contributed by atoms with E-state index in [1.807, 2.05) is 42.5 Å². The molecule has 0 aromatic heterocycles. The van der Waals surface area contributed by atoms with Gasteiger partial charge in [-0.25, -0.2) is 0 Å². The second-order valence-corrected chi connectivity index (χ2v) is 6.57. The number of nitrogens with one attached hydrogen (secondary N) is 1. The summed E-state index contributed by atoms with van der Waals surface area (Å²) in [5.74, 6) is -0.209. The Kier molecular flexibility index (Phi) is 5.67. The Bertz CT molecular complexity index is 932. The van der Waals surface area contributed by atoms with Gasteiger partial charge >= 0.3 is 0 Å². The van der Waals surface area contributed by atoms with Crippen molar-refractivity contribution in [2.24, 2.45) is 0 Å². The zero-order valence-corrected chi connectivity index (χ0v) is 15.5. The molecule has 1 N–H and O–H groups in total. The van der Waals surface area contributed by atoms with E-state index in [2.05, 4.69) is 17.4 Å². The van der Waals surface area contributed by atoms with Gasteiger partial charge in [-0.2, -0.15) is 0 Å². The second kappa shape index (κ2) is 8.32. The maximum absolute atomic E-state index is 12.3. The summed E-state index contributed by atoms with van der Waals surface area (Å²) in [6.07, 6.45) is 0.279. The Morgan fingerprint density at radius 1 is 0.815 bits per heavy atom. The van der Waals surface area contributed by atoms with Gasteiger partial charge in [-0.1, -0.05) is 60.7 Å². The molecule has 4 heteroatoms. The fourth-order valence-corrected chi connectivity index (χ4v) is 2.82. The van der Waals surface area contributed by atoms with Crippen LogP contribution in [0.25, 0.3) is 11.1 Å². The van der Waals surface area contributed by atoms with Gasteiger partial charge in [0.25, 0.3) is 5.91 Å². The lowest BCUT2D eigenvalue weighted by molar-refractivity contribution is -0.115. The molecule has 136 valence electrons. The molecular weight excluding hydrogens is 336 g/mol. The van der Waals surface area contributed by atoms with Crippen LogP contribution in [0.5, 0.6) is 0 Å². The van der Waals surface area contributed by atoms with Gasteiger partial charge in [0.1, 0.15) is 0 Å². The zero-order chi connectivity index (χ0) is 19.2. The van der Waals surface area contributed by atoms with Crippen LogP contribution in [0.2, 0.25) is 0 Å². The molecule has 0 saturated carbocycles. The highest BCUT2D eigenvalue weighted by Gasteiger charge is 2.10. The summed E-state index contributed by atoms with van der Waals surface area (Å²) in [7, 11) is 3.40. The summed E-state index contributed by atoms with van der Waals surface area (Å²) in [6.45, 7) is 0. The van der Waals surface area contributed by atoms with Gasteiger partial charge in [-0.3, -0.25) is 9.59 Å². The van der Waals surface area contributed by atoms with Gasteiger partial charge < -0.3 is 10.2 Å². The van der Waals surface area contributed by atoms with Gasteiger partial charge in [-0.15, -0.1) is 0 Å². The van der Waals surface area contributed by atoms with E-state index < -0.39 is 0 Å². The molecule has 0 fully saturated rings. The Balaban J connectivity index is 1.64. The van der Waals surface area contributed by atoms with E-state index in [1.165, 1.54) is 4.90 Å². The quantitative estimate of drug-likeness (QED) is 0.742. The highest BCUT2D eigenvalue weighted by atomic mass is 16.2. The summed E-state index contributed by atoms with van der Waals surface area (Å²) in [6, 6.07) is 25.1. The van der Waals surface area contributed by atoms with Crippen LogP contribution in [0.15, 0.2) is 78.9 Å². The van der Waals surface area contributed by atoms with Crippen molar-refractivity contribution in [3.63, 3.8) is 0 Å². The smallest absolute Gasteiger partial charge is 0.253 e. The lowest BCUT2D eigenvalue weighted by atomic mass is 10.0. The van der Waals surface area contributed by atoms with E-state index in [4.69, 9.17) is 0 Å². The van der Waals surface area contributed by atoms with Crippen molar-refractivity contribution in [2.75, 3.05) is 19.4 Å². The molecule has 0 aliphatic carbocycles. The molecule has 27 heavy (non-hydrogen) atoms. The standard InChI is InChI=1S/C23H22N2O2/c1-25(2)23(27)20-9-6-10-21(16-20)24-22(26)15-17-11-13-19(14-12-17)18-7-4-3-5-8-18/h3-14,16H,15H2,1-2H3,(H,24,26). The Morgan fingerprint density at radius 2 is 1.48 bits per heavy atom. The number of benzene rings is 3. The minimum Gasteiger partial charge on any atom is -0.345 e. The molecule has 0 atom stereocenters. The molecule has 0 bridgehead atoms. The Hall–Kier alpha value is -3.40. The molecule has 0 unspecified atom stereocenters. The maximum atomic E-state index is 12.3. The monoisotopic (exact) mass is 358 g/mol. The van der Waals surface area contributed by atoms with Gasteiger partial charge in [0.2, 0.25) is 5.91 Å². The fraction of sp³-hybridized carbons (Fsp3) is 0.130. The highest BCUT2D eigenvalue weighted by molar-refractivity contribution is 5.97. The van der Waals surface area contributed by atoms with Crippen LogP contribution in [-0.4, -0.2) is 30.8 Å². The van der Waals surface area contributed by atoms with Crippen LogP contribution in [-0.2, 0) is 11.2 Å². The number of hydrogen-bond acceptors (Lipinski definition) is 2. The topological polar surface area (TPSA) is 49.4 Å². The summed E-state index contributed by atoms with van der Waals surface area (Å²) in [4.78, 5) is 25.9. The number of rotatable bonds is 5. The molecule has 0 heterocycles. The molecule has 0 saturated heterocycles. The SMILES string of the molecule is CN(C)C(=O)c1cccc(NC(=O)Cc2ccc(-c3ccccc3)cc2)c1. The van der Waals surface area contributed by atoms with Crippen molar-refractivity contribution >= 4 is 17.5 Å². The van der Waals surface area contributed by atoms with Gasteiger partial charge in [-0.05, 0) is 34.9 Å². The van der Waals surface area contributed by atoms with Gasteiger partial charge in [0.15, 0.2) is 0 Å². The Labute approximate surface area is 159 Å². The molecule has 0 aliphatic rings. The van der Waals surface area contributed by atoms with Crippen molar-refractivity contribution < 1.29 is 9.59 Å². The number of carbonyl (C=O) groups is 2. The summed E-state index contributed by atoms with van der Waals surface area (Å²) < 4.78 is 0. The molecule has 0 spiro atoms. The predicted molar refractivity (Wildman–Crippen MR) is 109 cm³/mol. The molecule has 4 nitrogen and oxygen atoms in total. The first-order valence-electron chi connectivity index (χ1n) is 8.79. The molecular formula is C23H22N2O2. The van der Waals surface area contributed by atoms with Crippen LogP contribution >= 0.6 is 0 Å². The van der Waals surface area contributed by atoms with Gasteiger partial charge in [0.05, 0.1) is 6.42 Å². The normalized spacial score (nSPS) is 10.3. The third-order valence-corrected chi connectivity index (χ3v) is 4.23. The van der Waals surface area contributed by atoms with Crippen molar-refractivity contribution in [1.82, 2.24) is 4.90 Å². The van der Waals surface area contributed by atoms with E-state index in [-0.39, 0.29) is 18.2 Å². The number of carbonyl (C=O) groups excluding carboxylic acids is 2. The number of anilines is 1. The van der Waals surface area contributed by atoms with E-state index in [9.17, 15) is 9.59 Å². The highest BCUT2D eigenvalue weighted by Crippen LogP contribution is 2.19. The first kappa shape index (κ1) is 18.4. The molecule has 2 amide bonds. The van der Waals surface area contributed by atoms with Crippen molar-refractivity contribution in [2.45, 2.75) is 6.42 Å². The van der Waals surface area contributed by atoms with Crippen LogP contribution in [0, 0.1) is 0 Å². The predicted octanol–water partition coefficient (Wildman–Crippen LogP) is 4.24. The van der Waals surface area contributed by atoms with E-state index >= 15 is 0 Å². The van der Waals surface area contributed by atoms with Crippen molar-refractivity contribution in [3.05, 3.63) is 90.0 Å².